The number of rotatable bonds is 6. The molecule has 2 aromatic rings. The molecule has 2 aromatic heterocycles. The summed E-state index contributed by atoms with van der Waals surface area (Å²) in [4.78, 5) is 19.2. The second-order valence-electron chi connectivity index (χ2n) is 4.28. The molecule has 2 heterocycles. The second kappa shape index (κ2) is 6.70. The Balaban J connectivity index is 1.87. The Hall–Kier alpha value is -2.14. The minimum absolute atomic E-state index is 0.0766. The Morgan fingerprint density at radius 1 is 1.37 bits per heavy atom. The van der Waals surface area contributed by atoms with Crippen LogP contribution in [0.1, 0.15) is 21.7 Å². The Morgan fingerprint density at radius 3 is 3.00 bits per heavy atom. The number of pyridine rings is 1. The minimum Gasteiger partial charge on any atom is -0.365 e. The molecule has 0 atom stereocenters. The van der Waals surface area contributed by atoms with Gasteiger partial charge in [0.2, 0.25) is 0 Å². The van der Waals surface area contributed by atoms with Crippen LogP contribution >= 0.6 is 0 Å². The normalized spacial score (nSPS) is 10.4. The van der Waals surface area contributed by atoms with Crippen molar-refractivity contribution in [1.82, 2.24) is 15.3 Å². The molecule has 0 aliphatic rings. The summed E-state index contributed by atoms with van der Waals surface area (Å²) >= 11 is 0. The fourth-order valence-corrected chi connectivity index (χ4v) is 1.84. The van der Waals surface area contributed by atoms with Crippen molar-refractivity contribution in [3.05, 3.63) is 53.6 Å². The van der Waals surface area contributed by atoms with E-state index in [2.05, 4.69) is 15.3 Å². The Morgan fingerprint density at radius 2 is 2.26 bits per heavy atom. The number of H-pyrrole nitrogens is 1. The van der Waals surface area contributed by atoms with Crippen LogP contribution in [0.2, 0.25) is 0 Å². The maximum Gasteiger partial charge on any atom is 0.251 e. The van der Waals surface area contributed by atoms with Gasteiger partial charge in [0, 0.05) is 48.7 Å². The van der Waals surface area contributed by atoms with Crippen molar-refractivity contribution in [1.29, 1.82) is 0 Å². The van der Waals surface area contributed by atoms with Gasteiger partial charge in [0.15, 0.2) is 0 Å². The Kier molecular flexibility index (Phi) is 4.69. The topological polar surface area (TPSA) is 83.8 Å². The number of nitrogens with one attached hydrogen (secondary N) is 2. The molecule has 0 fully saturated rings. The highest BCUT2D eigenvalue weighted by Crippen LogP contribution is 2.02. The van der Waals surface area contributed by atoms with Crippen molar-refractivity contribution >= 4 is 5.91 Å². The zero-order chi connectivity index (χ0) is 13.5. The van der Waals surface area contributed by atoms with E-state index in [1.165, 1.54) is 0 Å². The number of hydrogen-bond donors (Lipinski definition) is 3. The van der Waals surface area contributed by atoms with Crippen LogP contribution in [0, 0.1) is 0 Å². The van der Waals surface area contributed by atoms with Gasteiger partial charge in [-0.3, -0.25) is 9.78 Å². The number of carbonyl (C=O) groups excluding carboxylic acids is 1. The van der Waals surface area contributed by atoms with E-state index in [-0.39, 0.29) is 5.91 Å². The van der Waals surface area contributed by atoms with E-state index >= 15 is 0 Å². The molecule has 0 aliphatic carbocycles. The largest absolute Gasteiger partial charge is 0.365 e. The molecule has 5 heteroatoms. The summed E-state index contributed by atoms with van der Waals surface area (Å²) in [6.45, 7) is 1.14. The summed E-state index contributed by atoms with van der Waals surface area (Å²) in [6.07, 6.45) is 4.99. The third-order valence-corrected chi connectivity index (χ3v) is 2.82. The molecule has 0 aromatic carbocycles. The average Bonchev–Trinajstić information content (AvgIpc) is 2.92. The standard InChI is InChI=1S/C14H18N4O/c15-6-3-13-10-11(4-8-17-13)14(19)18-9-5-12-2-1-7-16-12/h1-2,4,7-8,10,16H,3,5-6,9,15H2,(H,18,19). The van der Waals surface area contributed by atoms with E-state index < -0.39 is 0 Å². The molecule has 0 spiro atoms. The van der Waals surface area contributed by atoms with Gasteiger partial charge in [-0.15, -0.1) is 0 Å². The van der Waals surface area contributed by atoms with E-state index in [1.807, 2.05) is 18.3 Å². The quantitative estimate of drug-likeness (QED) is 0.719. The molecule has 100 valence electrons. The van der Waals surface area contributed by atoms with E-state index in [9.17, 15) is 4.79 Å². The molecule has 0 aliphatic heterocycles. The van der Waals surface area contributed by atoms with Crippen molar-refractivity contribution in [2.75, 3.05) is 13.1 Å². The van der Waals surface area contributed by atoms with Gasteiger partial charge in [0.25, 0.3) is 5.91 Å². The van der Waals surface area contributed by atoms with Crippen molar-refractivity contribution < 1.29 is 4.79 Å². The van der Waals surface area contributed by atoms with Gasteiger partial charge in [-0.25, -0.2) is 0 Å². The molecule has 19 heavy (non-hydrogen) atoms. The average molecular weight is 258 g/mol. The monoisotopic (exact) mass is 258 g/mol. The van der Waals surface area contributed by atoms with E-state index in [0.717, 1.165) is 17.8 Å². The number of aromatic nitrogens is 2. The van der Waals surface area contributed by atoms with Crippen molar-refractivity contribution in [2.24, 2.45) is 5.73 Å². The van der Waals surface area contributed by atoms with Crippen LogP contribution in [-0.4, -0.2) is 29.0 Å². The first-order chi connectivity index (χ1) is 9.29. The first kappa shape index (κ1) is 13.3. The smallest absolute Gasteiger partial charge is 0.251 e. The maximum atomic E-state index is 11.9. The number of nitrogens with zero attached hydrogens (tertiary/aromatic N) is 1. The van der Waals surface area contributed by atoms with E-state index in [0.29, 0.717) is 25.1 Å². The molecule has 0 unspecified atom stereocenters. The summed E-state index contributed by atoms with van der Waals surface area (Å²) < 4.78 is 0. The van der Waals surface area contributed by atoms with Crippen molar-refractivity contribution in [3.63, 3.8) is 0 Å². The van der Waals surface area contributed by atoms with Crippen LogP contribution in [-0.2, 0) is 12.8 Å². The molecule has 1 amide bonds. The van der Waals surface area contributed by atoms with Crippen LogP contribution in [0.5, 0.6) is 0 Å². The predicted molar refractivity (Wildman–Crippen MR) is 73.8 cm³/mol. The Labute approximate surface area is 112 Å². The van der Waals surface area contributed by atoms with E-state index in [1.54, 1.807) is 18.3 Å². The predicted octanol–water partition coefficient (Wildman–Crippen LogP) is 0.883. The van der Waals surface area contributed by atoms with Gasteiger partial charge < -0.3 is 16.0 Å². The Bertz CT molecular complexity index is 522. The van der Waals surface area contributed by atoms with Crippen molar-refractivity contribution in [3.8, 4) is 0 Å². The first-order valence-electron chi connectivity index (χ1n) is 6.35. The summed E-state index contributed by atoms with van der Waals surface area (Å²) in [6, 6.07) is 7.44. The lowest BCUT2D eigenvalue weighted by atomic mass is 10.2. The highest BCUT2D eigenvalue weighted by atomic mass is 16.1. The van der Waals surface area contributed by atoms with Gasteiger partial charge in [-0.1, -0.05) is 0 Å². The number of aromatic amines is 1. The molecule has 4 N–H and O–H groups in total. The number of nitrogens with two attached hydrogens (primary N) is 1. The molecule has 0 bridgehead atoms. The lowest BCUT2D eigenvalue weighted by Crippen LogP contribution is -2.26. The summed E-state index contributed by atoms with van der Waals surface area (Å²) in [5, 5.41) is 2.89. The second-order valence-corrected chi connectivity index (χ2v) is 4.28. The minimum atomic E-state index is -0.0766. The molecule has 0 radical (unpaired) electrons. The summed E-state index contributed by atoms with van der Waals surface area (Å²) in [5.41, 5.74) is 8.06. The SMILES string of the molecule is NCCc1cc(C(=O)NCCc2ccc[nH]2)ccn1. The zero-order valence-electron chi connectivity index (χ0n) is 10.7. The summed E-state index contributed by atoms with van der Waals surface area (Å²) in [5.74, 6) is -0.0766. The fourth-order valence-electron chi connectivity index (χ4n) is 1.84. The van der Waals surface area contributed by atoms with Crippen LogP contribution in [0.3, 0.4) is 0 Å². The molecule has 0 saturated carbocycles. The third-order valence-electron chi connectivity index (χ3n) is 2.82. The first-order valence-corrected chi connectivity index (χ1v) is 6.35. The third kappa shape index (κ3) is 3.93. The summed E-state index contributed by atoms with van der Waals surface area (Å²) in [7, 11) is 0. The number of hydrogen-bond acceptors (Lipinski definition) is 3. The number of amides is 1. The maximum absolute atomic E-state index is 11.9. The molecule has 2 rings (SSSR count). The van der Waals surface area contributed by atoms with Gasteiger partial charge in [-0.05, 0) is 30.8 Å². The lowest BCUT2D eigenvalue weighted by Gasteiger charge is -2.05. The van der Waals surface area contributed by atoms with E-state index in [4.69, 9.17) is 5.73 Å². The lowest BCUT2D eigenvalue weighted by molar-refractivity contribution is 0.0954. The fraction of sp³-hybridized carbons (Fsp3) is 0.286. The van der Waals surface area contributed by atoms with Crippen molar-refractivity contribution in [2.45, 2.75) is 12.8 Å². The van der Waals surface area contributed by atoms with Crippen LogP contribution in [0.4, 0.5) is 0 Å². The molecular formula is C14H18N4O. The molecule has 5 nitrogen and oxygen atoms in total. The van der Waals surface area contributed by atoms with Crippen LogP contribution in [0.15, 0.2) is 36.7 Å². The van der Waals surface area contributed by atoms with Gasteiger partial charge in [0.1, 0.15) is 0 Å². The highest BCUT2D eigenvalue weighted by Gasteiger charge is 2.06. The molecular weight excluding hydrogens is 240 g/mol. The highest BCUT2D eigenvalue weighted by molar-refractivity contribution is 5.94. The zero-order valence-corrected chi connectivity index (χ0v) is 10.7. The van der Waals surface area contributed by atoms with Crippen LogP contribution < -0.4 is 11.1 Å². The van der Waals surface area contributed by atoms with Gasteiger partial charge >= 0.3 is 0 Å². The molecule has 0 saturated heterocycles. The van der Waals surface area contributed by atoms with Crippen LogP contribution in [0.25, 0.3) is 0 Å². The van der Waals surface area contributed by atoms with Gasteiger partial charge in [0.05, 0.1) is 0 Å². The van der Waals surface area contributed by atoms with Gasteiger partial charge in [-0.2, -0.15) is 0 Å². The number of carbonyl (C=O) groups is 1.